The van der Waals surface area contributed by atoms with E-state index in [1.807, 2.05) is 0 Å². The number of amides is 3. The predicted molar refractivity (Wildman–Crippen MR) is 67.0 cm³/mol. The van der Waals surface area contributed by atoms with Crippen LogP contribution >= 0.6 is 0 Å². The summed E-state index contributed by atoms with van der Waals surface area (Å²) in [4.78, 5) is 35.7. The number of aliphatic hydroxyl groups is 1. The van der Waals surface area contributed by atoms with E-state index >= 15 is 0 Å². The van der Waals surface area contributed by atoms with Gasteiger partial charge in [0.15, 0.2) is 0 Å². The van der Waals surface area contributed by atoms with Crippen LogP contribution in [0, 0.1) is 0 Å². The highest BCUT2D eigenvalue weighted by atomic mass is 16.3. The monoisotopic (exact) mass is 268 g/mol. The molecule has 0 spiro atoms. The van der Waals surface area contributed by atoms with Crippen LogP contribution in [0.2, 0.25) is 0 Å². The summed E-state index contributed by atoms with van der Waals surface area (Å²) in [5.74, 6) is -0.607. The summed E-state index contributed by atoms with van der Waals surface area (Å²) in [7, 11) is 0. The molecule has 2 unspecified atom stereocenters. The molecule has 1 aliphatic heterocycles. The number of hydrogen-bond donors (Lipinski definition) is 2. The largest absolute Gasteiger partial charge is 0.391 e. The fraction of sp³-hybridized carbons (Fsp3) is 0.769. The van der Waals surface area contributed by atoms with Gasteiger partial charge in [0.2, 0.25) is 17.7 Å². The molecule has 3 amide bonds. The van der Waals surface area contributed by atoms with Gasteiger partial charge < -0.3 is 10.4 Å². The van der Waals surface area contributed by atoms with Crippen LogP contribution in [0.25, 0.3) is 0 Å². The molecule has 2 aliphatic rings. The second-order valence-corrected chi connectivity index (χ2v) is 5.21. The zero-order valence-electron chi connectivity index (χ0n) is 10.9. The third-order valence-electron chi connectivity index (χ3n) is 3.79. The average molecular weight is 268 g/mol. The van der Waals surface area contributed by atoms with Crippen LogP contribution in [-0.4, -0.2) is 46.4 Å². The highest BCUT2D eigenvalue weighted by Crippen LogP contribution is 2.18. The molecule has 1 saturated heterocycles. The first kappa shape index (κ1) is 14.0. The fourth-order valence-electron chi connectivity index (χ4n) is 2.64. The van der Waals surface area contributed by atoms with Crippen LogP contribution in [0.5, 0.6) is 0 Å². The lowest BCUT2D eigenvalue weighted by atomic mass is 9.92. The molecular formula is C13H20N2O4. The van der Waals surface area contributed by atoms with Gasteiger partial charge in [-0.3, -0.25) is 19.3 Å². The van der Waals surface area contributed by atoms with E-state index in [1.54, 1.807) is 0 Å². The van der Waals surface area contributed by atoms with E-state index in [0.29, 0.717) is 6.42 Å². The average Bonchev–Trinajstić information content (AvgIpc) is 2.70. The van der Waals surface area contributed by atoms with Crippen molar-refractivity contribution in [3.8, 4) is 0 Å². The zero-order valence-corrected chi connectivity index (χ0v) is 10.9. The van der Waals surface area contributed by atoms with Gasteiger partial charge in [-0.2, -0.15) is 0 Å². The van der Waals surface area contributed by atoms with E-state index in [4.69, 9.17) is 0 Å². The van der Waals surface area contributed by atoms with Crippen molar-refractivity contribution in [2.75, 3.05) is 6.54 Å². The summed E-state index contributed by atoms with van der Waals surface area (Å²) in [6, 6.07) is -0.189. The lowest BCUT2D eigenvalue weighted by Crippen LogP contribution is -2.46. The Morgan fingerprint density at radius 3 is 2.47 bits per heavy atom. The van der Waals surface area contributed by atoms with Crippen molar-refractivity contribution in [2.24, 2.45) is 0 Å². The molecule has 2 fully saturated rings. The minimum Gasteiger partial charge on any atom is -0.391 e. The molecular weight excluding hydrogens is 248 g/mol. The van der Waals surface area contributed by atoms with E-state index < -0.39 is 6.10 Å². The van der Waals surface area contributed by atoms with Gasteiger partial charge in [0, 0.05) is 25.8 Å². The van der Waals surface area contributed by atoms with Gasteiger partial charge >= 0.3 is 0 Å². The number of nitrogens with one attached hydrogen (secondary N) is 1. The summed E-state index contributed by atoms with van der Waals surface area (Å²) in [5, 5.41) is 12.5. The molecule has 2 rings (SSSR count). The summed E-state index contributed by atoms with van der Waals surface area (Å²) >= 11 is 0. The van der Waals surface area contributed by atoms with E-state index in [1.165, 1.54) is 0 Å². The predicted octanol–water partition coefficient (Wildman–Crippen LogP) is -0.0548. The number of rotatable bonds is 4. The zero-order chi connectivity index (χ0) is 13.8. The van der Waals surface area contributed by atoms with Crippen molar-refractivity contribution in [3.05, 3.63) is 0 Å². The van der Waals surface area contributed by atoms with Gasteiger partial charge in [-0.1, -0.05) is 12.8 Å². The number of likely N-dealkylation sites (tertiary alicyclic amines) is 1. The molecule has 1 saturated carbocycles. The lowest BCUT2D eigenvalue weighted by molar-refractivity contribution is -0.138. The van der Waals surface area contributed by atoms with E-state index in [9.17, 15) is 19.5 Å². The normalized spacial score (nSPS) is 27.7. The Bertz CT molecular complexity index is 367. The van der Waals surface area contributed by atoms with Crippen LogP contribution in [0.15, 0.2) is 0 Å². The van der Waals surface area contributed by atoms with Crippen LogP contribution < -0.4 is 5.32 Å². The Balaban J connectivity index is 1.75. The molecule has 19 heavy (non-hydrogen) atoms. The number of carbonyl (C=O) groups excluding carboxylic acids is 3. The van der Waals surface area contributed by atoms with Crippen LogP contribution in [0.3, 0.4) is 0 Å². The first-order chi connectivity index (χ1) is 9.08. The van der Waals surface area contributed by atoms with Gasteiger partial charge in [0.1, 0.15) is 0 Å². The number of nitrogens with zero attached hydrogens (tertiary/aromatic N) is 1. The molecule has 2 atom stereocenters. The molecule has 106 valence electrons. The Kier molecular flexibility index (Phi) is 4.52. The molecule has 0 aromatic heterocycles. The van der Waals surface area contributed by atoms with E-state index in [-0.39, 0.29) is 49.6 Å². The van der Waals surface area contributed by atoms with Gasteiger partial charge in [-0.05, 0) is 12.8 Å². The number of carbonyl (C=O) groups is 3. The fourth-order valence-corrected chi connectivity index (χ4v) is 2.64. The van der Waals surface area contributed by atoms with Crippen molar-refractivity contribution in [3.63, 3.8) is 0 Å². The Hall–Kier alpha value is -1.43. The third-order valence-corrected chi connectivity index (χ3v) is 3.79. The number of imide groups is 1. The molecule has 0 bridgehead atoms. The Morgan fingerprint density at radius 1 is 1.21 bits per heavy atom. The smallest absolute Gasteiger partial charge is 0.229 e. The number of hydrogen-bond acceptors (Lipinski definition) is 4. The molecule has 6 heteroatoms. The van der Waals surface area contributed by atoms with E-state index in [2.05, 4.69) is 5.32 Å². The second kappa shape index (κ2) is 6.14. The van der Waals surface area contributed by atoms with Crippen molar-refractivity contribution in [2.45, 2.75) is 57.1 Å². The van der Waals surface area contributed by atoms with Crippen molar-refractivity contribution < 1.29 is 19.5 Å². The molecule has 1 heterocycles. The van der Waals surface area contributed by atoms with Crippen molar-refractivity contribution in [1.29, 1.82) is 0 Å². The highest BCUT2D eigenvalue weighted by Gasteiger charge is 2.29. The van der Waals surface area contributed by atoms with Gasteiger partial charge in [0.05, 0.1) is 12.1 Å². The maximum Gasteiger partial charge on any atom is 0.229 e. The van der Waals surface area contributed by atoms with E-state index in [0.717, 1.165) is 24.2 Å². The quantitative estimate of drug-likeness (QED) is 0.700. The Morgan fingerprint density at radius 2 is 1.84 bits per heavy atom. The molecule has 2 N–H and O–H groups in total. The summed E-state index contributed by atoms with van der Waals surface area (Å²) < 4.78 is 0. The van der Waals surface area contributed by atoms with Gasteiger partial charge in [-0.15, -0.1) is 0 Å². The van der Waals surface area contributed by atoms with Crippen LogP contribution in [0.4, 0.5) is 0 Å². The molecule has 0 radical (unpaired) electrons. The summed E-state index contributed by atoms with van der Waals surface area (Å²) in [5.41, 5.74) is 0. The SMILES string of the molecule is O=C(CCN1C(=O)CCC1=O)NC1CCCCC1O. The lowest BCUT2D eigenvalue weighted by Gasteiger charge is -2.28. The summed E-state index contributed by atoms with van der Waals surface area (Å²) in [6.45, 7) is 0.145. The Labute approximate surface area is 112 Å². The number of aliphatic hydroxyl groups excluding tert-OH is 1. The molecule has 1 aliphatic carbocycles. The highest BCUT2D eigenvalue weighted by molar-refractivity contribution is 6.02. The standard InChI is InChI=1S/C13H20N2O4/c16-10-4-2-1-3-9(10)14-11(17)7-8-15-12(18)5-6-13(15)19/h9-10,16H,1-8H2,(H,14,17). The molecule has 0 aromatic rings. The minimum atomic E-state index is -0.479. The molecule has 6 nitrogen and oxygen atoms in total. The van der Waals surface area contributed by atoms with Crippen LogP contribution in [-0.2, 0) is 14.4 Å². The maximum atomic E-state index is 11.8. The van der Waals surface area contributed by atoms with Gasteiger partial charge in [0.25, 0.3) is 0 Å². The minimum absolute atomic E-state index is 0.112. The van der Waals surface area contributed by atoms with Crippen molar-refractivity contribution in [1.82, 2.24) is 10.2 Å². The second-order valence-electron chi connectivity index (χ2n) is 5.21. The van der Waals surface area contributed by atoms with Gasteiger partial charge in [-0.25, -0.2) is 0 Å². The first-order valence-corrected chi connectivity index (χ1v) is 6.88. The topological polar surface area (TPSA) is 86.7 Å². The molecule has 0 aromatic carbocycles. The maximum absolute atomic E-state index is 11.8. The van der Waals surface area contributed by atoms with Crippen molar-refractivity contribution >= 4 is 17.7 Å². The summed E-state index contributed by atoms with van der Waals surface area (Å²) in [6.07, 6.45) is 3.63. The third kappa shape index (κ3) is 3.53. The van der Waals surface area contributed by atoms with Crippen LogP contribution in [0.1, 0.15) is 44.9 Å². The first-order valence-electron chi connectivity index (χ1n) is 6.88.